The van der Waals surface area contributed by atoms with Crippen LogP contribution in [0.15, 0.2) is 0 Å². The number of nitrogens with one attached hydrogen (secondary N) is 1. The number of hydroxylamine groups is 1. The molecule has 0 aliphatic carbocycles. The molecule has 0 aromatic heterocycles. The van der Waals surface area contributed by atoms with Crippen molar-refractivity contribution in [2.45, 2.75) is 34.6 Å². The van der Waals surface area contributed by atoms with Gasteiger partial charge in [-0.15, -0.1) is 0 Å². The number of rotatable bonds is 11. The Hall–Kier alpha value is -0.0600. The summed E-state index contributed by atoms with van der Waals surface area (Å²) in [5.41, 5.74) is 2.91. The minimum absolute atomic E-state index is 0. The Kier molecular flexibility index (Phi) is 19.2. The van der Waals surface area contributed by atoms with Gasteiger partial charge in [-0.25, -0.2) is 10.0 Å². The molecule has 0 radical (unpaired) electrons. The first-order valence-corrected chi connectivity index (χ1v) is 6.46. The minimum atomic E-state index is -0.218. The quantitative estimate of drug-likeness (QED) is 0.274. The zero-order valence-corrected chi connectivity index (χ0v) is 11.5. The van der Waals surface area contributed by atoms with Crippen LogP contribution < -0.4 is 5.48 Å². The van der Waals surface area contributed by atoms with Crippen LogP contribution >= 0.6 is 8.69 Å². The zero-order chi connectivity index (χ0) is 12.3. The predicted molar refractivity (Wildman–Crippen MR) is 77.7 cm³/mol. The first-order chi connectivity index (χ1) is 7.62. The van der Waals surface area contributed by atoms with Crippen LogP contribution in [0.25, 0.3) is 0 Å². The average molecular weight is 283 g/mol. The summed E-state index contributed by atoms with van der Waals surface area (Å²) >= 11 is 0. The third-order valence-corrected chi connectivity index (χ3v) is 2.63. The van der Waals surface area contributed by atoms with Crippen LogP contribution in [0.5, 0.6) is 0 Å². The van der Waals surface area contributed by atoms with Crippen LogP contribution in [0.2, 0.25) is 0 Å². The van der Waals surface area contributed by atoms with E-state index in [-0.39, 0.29) is 23.5 Å². The monoisotopic (exact) mass is 283 g/mol. The van der Waals surface area contributed by atoms with Crippen molar-refractivity contribution < 1.29 is 18.4 Å². The molecule has 0 amide bonds. The van der Waals surface area contributed by atoms with E-state index in [2.05, 4.69) is 19.6 Å². The van der Waals surface area contributed by atoms with Crippen molar-refractivity contribution in [3.05, 3.63) is 0 Å². The van der Waals surface area contributed by atoms with Crippen LogP contribution in [0.1, 0.15) is 34.6 Å². The number of quaternary nitrogens is 1. The summed E-state index contributed by atoms with van der Waals surface area (Å²) in [6, 6.07) is 0. The summed E-state index contributed by atoms with van der Waals surface area (Å²) in [5, 5.41) is 0. The van der Waals surface area contributed by atoms with E-state index in [0.717, 1.165) is 37.0 Å². The first-order valence-electron chi connectivity index (χ1n) is 5.73. The number of nitrogens with zero attached hydrogens (tertiary/aromatic N) is 1. The highest BCUT2D eigenvalue weighted by Gasteiger charge is 2.13. The van der Waals surface area contributed by atoms with E-state index >= 15 is 0 Å². The summed E-state index contributed by atoms with van der Waals surface area (Å²) in [4.78, 5) is 5.05. The topological polar surface area (TPSA) is 47.6 Å². The van der Waals surface area contributed by atoms with Gasteiger partial charge in [-0.1, -0.05) is 14.9 Å². The van der Waals surface area contributed by atoms with Crippen molar-refractivity contribution in [3.8, 4) is 0 Å². The summed E-state index contributed by atoms with van der Waals surface area (Å²) in [5.74, 6) is 0. The largest absolute Gasteiger partial charge is 0.328 e. The molecule has 0 unspecified atom stereocenters. The molecule has 112 valence electrons. The summed E-state index contributed by atoms with van der Waals surface area (Å²) < 4.78 is 15.8. The van der Waals surface area contributed by atoms with Crippen LogP contribution in [0.4, 0.5) is 0 Å². The van der Waals surface area contributed by atoms with Crippen molar-refractivity contribution in [1.82, 2.24) is 5.48 Å². The van der Waals surface area contributed by atoms with Gasteiger partial charge in [0.2, 0.25) is 0 Å². The van der Waals surface area contributed by atoms with E-state index in [1.54, 1.807) is 0 Å². The third-order valence-electron chi connectivity index (χ3n) is 2.34. The molecule has 0 heterocycles. The molecule has 6 heteroatoms. The molecule has 0 aliphatic rings. The van der Waals surface area contributed by atoms with E-state index < -0.39 is 0 Å². The molecule has 0 aliphatic heterocycles. The Balaban J connectivity index is -0.00000112. The number of hydrogen-bond donors (Lipinski definition) is 1. The standard InChI is InChI=1S/C10H24N2O3P.2CH4/c1-4-14-11-7-5-8-12(2,3)9-6-10-15-16-13;;/h11H,4-10H2,1-3H3;2*1H4/q+1;;. The maximum atomic E-state index is 10.0. The van der Waals surface area contributed by atoms with Crippen molar-refractivity contribution >= 4 is 8.69 Å². The molecule has 1 N–H and O–H groups in total. The molecule has 0 fully saturated rings. The van der Waals surface area contributed by atoms with Gasteiger partial charge in [0.1, 0.15) is 0 Å². The Morgan fingerprint density at radius 3 is 2.33 bits per heavy atom. The molecule has 0 saturated heterocycles. The smallest absolute Gasteiger partial charge is 0.327 e. The molecule has 18 heavy (non-hydrogen) atoms. The molecule has 0 aromatic carbocycles. The van der Waals surface area contributed by atoms with Crippen LogP contribution in [0.3, 0.4) is 0 Å². The molecule has 0 bridgehead atoms. The second-order valence-electron chi connectivity index (χ2n) is 4.33. The summed E-state index contributed by atoms with van der Waals surface area (Å²) in [6.07, 6.45) is 2.01. The van der Waals surface area contributed by atoms with Gasteiger partial charge in [0.05, 0.1) is 40.4 Å². The molecular weight excluding hydrogens is 251 g/mol. The lowest BCUT2D eigenvalue weighted by Gasteiger charge is -2.29. The van der Waals surface area contributed by atoms with E-state index in [1.807, 2.05) is 6.92 Å². The molecule has 0 aromatic rings. The van der Waals surface area contributed by atoms with Crippen LogP contribution in [0, 0.1) is 0 Å². The highest BCUT2D eigenvalue weighted by atomic mass is 31.1. The van der Waals surface area contributed by atoms with Crippen molar-refractivity contribution in [2.24, 2.45) is 0 Å². The van der Waals surface area contributed by atoms with E-state index in [0.29, 0.717) is 13.2 Å². The van der Waals surface area contributed by atoms with E-state index in [1.165, 1.54) is 0 Å². The van der Waals surface area contributed by atoms with E-state index in [4.69, 9.17) is 9.36 Å². The lowest BCUT2D eigenvalue weighted by molar-refractivity contribution is -0.890. The second-order valence-corrected chi connectivity index (χ2v) is 4.73. The maximum absolute atomic E-state index is 10.0. The SMILES string of the molecule is C.C.CCONCCC[N+](C)(C)CCCOP=O. The maximum Gasteiger partial charge on any atom is 0.327 e. The minimum Gasteiger partial charge on any atom is -0.328 e. The lowest BCUT2D eigenvalue weighted by Crippen LogP contribution is -2.42. The van der Waals surface area contributed by atoms with Crippen molar-refractivity contribution in [1.29, 1.82) is 0 Å². The van der Waals surface area contributed by atoms with Gasteiger partial charge < -0.3 is 9.32 Å². The van der Waals surface area contributed by atoms with Gasteiger partial charge in [0.25, 0.3) is 0 Å². The van der Waals surface area contributed by atoms with E-state index in [9.17, 15) is 4.57 Å². The third kappa shape index (κ3) is 15.9. The zero-order valence-electron chi connectivity index (χ0n) is 10.6. The molecule has 5 nitrogen and oxygen atoms in total. The second kappa shape index (κ2) is 15.0. The van der Waals surface area contributed by atoms with Gasteiger partial charge in [0.15, 0.2) is 0 Å². The fourth-order valence-corrected chi connectivity index (χ4v) is 1.66. The Bertz CT molecular complexity index is 181. The van der Waals surface area contributed by atoms with Crippen molar-refractivity contribution in [3.63, 3.8) is 0 Å². The normalized spacial score (nSPS) is 10.8. The molecule has 0 rings (SSSR count). The van der Waals surface area contributed by atoms with Gasteiger partial charge in [0, 0.05) is 19.4 Å². The van der Waals surface area contributed by atoms with Gasteiger partial charge in [-0.3, -0.25) is 4.52 Å². The first kappa shape index (κ1) is 23.1. The fourth-order valence-electron chi connectivity index (χ4n) is 1.46. The molecule has 0 saturated carbocycles. The predicted octanol–water partition coefficient (Wildman–Crippen LogP) is 2.88. The Labute approximate surface area is 115 Å². The fraction of sp³-hybridized carbons (Fsp3) is 1.00. The molecule has 0 atom stereocenters. The highest BCUT2D eigenvalue weighted by Crippen LogP contribution is 2.03. The van der Waals surface area contributed by atoms with Gasteiger partial charge in [-0.05, 0) is 6.92 Å². The van der Waals surface area contributed by atoms with Gasteiger partial charge >= 0.3 is 8.69 Å². The molecule has 0 spiro atoms. The van der Waals surface area contributed by atoms with Gasteiger partial charge in [-0.2, -0.15) is 0 Å². The number of hydrogen-bond acceptors (Lipinski definition) is 4. The van der Waals surface area contributed by atoms with Crippen molar-refractivity contribution in [2.75, 3.05) is 46.9 Å². The lowest BCUT2D eigenvalue weighted by atomic mass is 10.3. The molecular formula is C12H32N2O3P+. The van der Waals surface area contributed by atoms with Crippen LogP contribution in [-0.4, -0.2) is 51.4 Å². The summed E-state index contributed by atoms with van der Waals surface area (Å²) in [7, 11) is 4.16. The van der Waals surface area contributed by atoms with Crippen LogP contribution in [-0.2, 0) is 13.9 Å². The highest BCUT2D eigenvalue weighted by molar-refractivity contribution is 7.17. The Morgan fingerprint density at radius 1 is 1.17 bits per heavy atom. The average Bonchev–Trinajstić information content (AvgIpc) is 2.24. The summed E-state index contributed by atoms with van der Waals surface area (Å²) in [6.45, 7) is 6.22. The Morgan fingerprint density at radius 2 is 1.78 bits per heavy atom.